The van der Waals surface area contributed by atoms with E-state index in [1.165, 1.54) is 19.5 Å². The van der Waals surface area contributed by atoms with Gasteiger partial charge in [-0.25, -0.2) is 19.0 Å². The van der Waals surface area contributed by atoms with E-state index in [-0.39, 0.29) is 10.9 Å². The van der Waals surface area contributed by atoms with Gasteiger partial charge in [0, 0.05) is 30.1 Å². The van der Waals surface area contributed by atoms with E-state index in [4.69, 9.17) is 22.1 Å². The van der Waals surface area contributed by atoms with Gasteiger partial charge < -0.3 is 15.4 Å². The number of rotatable bonds is 4. The molecule has 0 radical (unpaired) electrons. The number of aromatic nitrogens is 4. The number of hydrogen-bond donors (Lipinski definition) is 1. The fourth-order valence-corrected chi connectivity index (χ4v) is 3.97. The third kappa shape index (κ3) is 2.71. The van der Waals surface area contributed by atoms with Crippen LogP contribution in [0.4, 0.5) is 10.2 Å². The van der Waals surface area contributed by atoms with Crippen LogP contribution >= 0.6 is 11.6 Å². The molecule has 28 heavy (non-hydrogen) atoms. The summed E-state index contributed by atoms with van der Waals surface area (Å²) in [5, 5.41) is 5.18. The Labute approximate surface area is 166 Å². The van der Waals surface area contributed by atoms with Crippen LogP contribution in [0.3, 0.4) is 0 Å². The number of ether oxygens (including phenoxy) is 1. The first-order valence-corrected chi connectivity index (χ1v) is 9.11. The van der Waals surface area contributed by atoms with E-state index < -0.39 is 5.82 Å². The topological polar surface area (TPSA) is 82.1 Å². The van der Waals surface area contributed by atoms with Crippen molar-refractivity contribution in [3.8, 4) is 5.75 Å². The molecule has 0 aliphatic carbocycles. The number of benzene rings is 1. The molecule has 1 aliphatic heterocycles. The lowest BCUT2D eigenvalue weighted by atomic mass is 9.89. The molecule has 0 spiro atoms. The molecule has 0 atom stereocenters. The molecule has 7 nitrogen and oxygen atoms in total. The van der Waals surface area contributed by atoms with Gasteiger partial charge in [-0.15, -0.1) is 0 Å². The van der Waals surface area contributed by atoms with Gasteiger partial charge in [-0.3, -0.25) is 0 Å². The zero-order chi connectivity index (χ0) is 20.2. The summed E-state index contributed by atoms with van der Waals surface area (Å²) in [6.07, 6.45) is 1.37. The van der Waals surface area contributed by atoms with E-state index in [1.807, 2.05) is 14.0 Å². The fraction of sp³-hybridized carbons (Fsp3) is 0.316. The predicted octanol–water partition coefficient (Wildman–Crippen LogP) is 3.07. The molecule has 2 N–H and O–H groups in total. The number of likely N-dealkylation sites (N-methyl/N-ethyl adjacent to an activating group) is 1. The number of aryl methyl sites for hydroxylation is 1. The van der Waals surface area contributed by atoms with E-state index in [2.05, 4.69) is 26.5 Å². The Balaban J connectivity index is 1.90. The molecule has 3 aromatic rings. The minimum Gasteiger partial charge on any atom is -0.496 e. The van der Waals surface area contributed by atoms with Crippen LogP contribution in [-0.4, -0.2) is 51.9 Å². The Morgan fingerprint density at radius 3 is 2.75 bits per heavy atom. The third-order valence-electron chi connectivity index (χ3n) is 5.12. The number of methoxy groups -OCH3 is 1. The summed E-state index contributed by atoms with van der Waals surface area (Å²) in [5.41, 5.74) is 8.64. The second kappa shape index (κ2) is 6.72. The van der Waals surface area contributed by atoms with E-state index in [1.54, 1.807) is 4.68 Å². The number of anilines is 1. The minimum absolute atomic E-state index is 0.000675. The number of halogens is 2. The van der Waals surface area contributed by atoms with Gasteiger partial charge in [0.2, 0.25) is 0 Å². The standard InChI is InChI=1S/C19H20ClFN6O/c1-9-14-18(22)23-8-24-19(14)27(25-9)10(2)12-5-13(20)16(21)15(17(12)28-4)11-6-26(3)7-11/h5,8,11H,2,6-7H2,1,3-4H3,(H2,22,23,24). The summed E-state index contributed by atoms with van der Waals surface area (Å²) in [6, 6.07) is 1.51. The summed E-state index contributed by atoms with van der Waals surface area (Å²) in [5.74, 6) is 0.290. The first kappa shape index (κ1) is 18.6. The molecule has 1 aromatic carbocycles. The van der Waals surface area contributed by atoms with E-state index >= 15 is 0 Å². The molecule has 3 heterocycles. The number of nitrogens with two attached hydrogens (primary N) is 1. The van der Waals surface area contributed by atoms with Crippen LogP contribution in [0, 0.1) is 12.7 Å². The highest BCUT2D eigenvalue weighted by Gasteiger charge is 2.33. The van der Waals surface area contributed by atoms with E-state index in [0.29, 0.717) is 45.1 Å². The molecule has 1 fully saturated rings. The van der Waals surface area contributed by atoms with Gasteiger partial charge in [0.1, 0.15) is 23.7 Å². The van der Waals surface area contributed by atoms with Crippen molar-refractivity contribution in [1.82, 2.24) is 24.6 Å². The van der Waals surface area contributed by atoms with Gasteiger partial charge in [0.25, 0.3) is 0 Å². The average molecular weight is 403 g/mol. The lowest BCUT2D eigenvalue weighted by Gasteiger charge is -2.37. The molecule has 0 bridgehead atoms. The number of hydrogen-bond acceptors (Lipinski definition) is 6. The highest BCUT2D eigenvalue weighted by molar-refractivity contribution is 6.31. The normalized spacial score (nSPS) is 15.0. The Kier molecular flexibility index (Phi) is 4.47. The van der Waals surface area contributed by atoms with Crippen LogP contribution in [-0.2, 0) is 0 Å². The molecule has 0 unspecified atom stereocenters. The maximum Gasteiger partial charge on any atom is 0.168 e. The van der Waals surface area contributed by atoms with E-state index in [9.17, 15) is 4.39 Å². The largest absolute Gasteiger partial charge is 0.496 e. The predicted molar refractivity (Wildman–Crippen MR) is 107 cm³/mol. The highest BCUT2D eigenvalue weighted by Crippen LogP contribution is 2.42. The minimum atomic E-state index is -0.457. The fourth-order valence-electron chi connectivity index (χ4n) is 3.76. The van der Waals surface area contributed by atoms with Crippen LogP contribution in [0.5, 0.6) is 5.75 Å². The lowest BCUT2D eigenvalue weighted by molar-refractivity contribution is 0.183. The zero-order valence-electron chi connectivity index (χ0n) is 15.8. The van der Waals surface area contributed by atoms with Gasteiger partial charge in [-0.05, 0) is 20.0 Å². The van der Waals surface area contributed by atoms with Crippen LogP contribution in [0.15, 0.2) is 19.0 Å². The molecular weight excluding hydrogens is 383 g/mol. The Morgan fingerprint density at radius 2 is 2.11 bits per heavy atom. The van der Waals surface area contributed by atoms with Gasteiger partial charge in [-0.2, -0.15) is 5.10 Å². The average Bonchev–Trinajstić information content (AvgIpc) is 2.98. The molecule has 0 amide bonds. The van der Waals surface area contributed by atoms with Gasteiger partial charge in [0.05, 0.1) is 28.9 Å². The molecule has 146 valence electrons. The van der Waals surface area contributed by atoms with Gasteiger partial charge in [-0.1, -0.05) is 18.2 Å². The van der Waals surface area contributed by atoms with Crippen molar-refractivity contribution >= 4 is 34.1 Å². The smallest absolute Gasteiger partial charge is 0.168 e. The maximum absolute atomic E-state index is 14.9. The van der Waals surface area contributed by atoms with Crippen molar-refractivity contribution < 1.29 is 9.13 Å². The van der Waals surface area contributed by atoms with Crippen LogP contribution in [0.25, 0.3) is 16.7 Å². The van der Waals surface area contributed by atoms with Crippen molar-refractivity contribution in [2.45, 2.75) is 12.8 Å². The van der Waals surface area contributed by atoms with Gasteiger partial charge >= 0.3 is 0 Å². The maximum atomic E-state index is 14.9. The Hall–Kier alpha value is -2.71. The number of fused-ring (bicyclic) bond motifs is 1. The summed E-state index contributed by atoms with van der Waals surface area (Å²) < 4.78 is 22.1. The zero-order valence-corrected chi connectivity index (χ0v) is 16.6. The van der Waals surface area contributed by atoms with Crippen LogP contribution in [0.2, 0.25) is 5.02 Å². The monoisotopic (exact) mass is 402 g/mol. The number of nitrogens with zero attached hydrogens (tertiary/aromatic N) is 5. The summed E-state index contributed by atoms with van der Waals surface area (Å²) in [7, 11) is 3.49. The molecule has 4 rings (SSSR count). The van der Waals surface area contributed by atoms with Crippen molar-refractivity contribution in [3.05, 3.63) is 46.6 Å². The first-order chi connectivity index (χ1) is 13.3. The first-order valence-electron chi connectivity index (χ1n) is 8.73. The molecule has 1 aliphatic rings. The van der Waals surface area contributed by atoms with Crippen molar-refractivity contribution in [2.24, 2.45) is 0 Å². The summed E-state index contributed by atoms with van der Waals surface area (Å²) >= 11 is 6.23. The second-order valence-corrected chi connectivity index (χ2v) is 7.39. The number of nitrogen functional groups attached to an aromatic ring is 1. The van der Waals surface area contributed by atoms with Crippen LogP contribution < -0.4 is 10.5 Å². The lowest BCUT2D eigenvalue weighted by Crippen LogP contribution is -2.42. The second-order valence-electron chi connectivity index (χ2n) is 6.99. The molecular formula is C19H20ClFN6O. The van der Waals surface area contributed by atoms with Crippen molar-refractivity contribution in [3.63, 3.8) is 0 Å². The Morgan fingerprint density at radius 1 is 1.39 bits per heavy atom. The summed E-state index contributed by atoms with van der Waals surface area (Å²) in [4.78, 5) is 10.4. The molecule has 9 heteroatoms. The molecule has 0 saturated carbocycles. The molecule has 1 saturated heterocycles. The van der Waals surface area contributed by atoms with Gasteiger partial charge in [0.15, 0.2) is 5.65 Å². The van der Waals surface area contributed by atoms with Crippen molar-refractivity contribution in [1.29, 1.82) is 0 Å². The van der Waals surface area contributed by atoms with Crippen molar-refractivity contribution in [2.75, 3.05) is 33.0 Å². The molecule has 2 aromatic heterocycles. The van der Waals surface area contributed by atoms with Crippen LogP contribution in [0.1, 0.15) is 22.7 Å². The van der Waals surface area contributed by atoms with E-state index in [0.717, 1.165) is 13.1 Å². The highest BCUT2D eigenvalue weighted by atomic mass is 35.5. The third-order valence-corrected chi connectivity index (χ3v) is 5.39. The summed E-state index contributed by atoms with van der Waals surface area (Å²) in [6.45, 7) is 7.43. The SMILES string of the molecule is C=C(c1cc(Cl)c(F)c(C2CN(C)C2)c1OC)n1nc(C)c2c(N)ncnc21. The number of likely N-dealkylation sites (tertiary alicyclic amines) is 1. The Bertz CT molecular complexity index is 1110. The quantitative estimate of drug-likeness (QED) is 0.722.